The number of aromatic carboxylic acids is 1. The summed E-state index contributed by atoms with van der Waals surface area (Å²) in [7, 11) is 0. The highest BCUT2D eigenvalue weighted by atomic mass is 32.1. The number of morpholine rings is 1. The summed E-state index contributed by atoms with van der Waals surface area (Å²) >= 11 is 1.31. The van der Waals surface area contributed by atoms with E-state index in [-0.39, 0.29) is 5.69 Å². The number of carboxylic acids is 1. The summed E-state index contributed by atoms with van der Waals surface area (Å²) in [6.07, 6.45) is 0. The fourth-order valence-corrected chi connectivity index (χ4v) is 3.20. The number of nitrogens with zero attached hydrogens (tertiary/aromatic N) is 2. The number of para-hydroxylation sites is 1. The fraction of sp³-hybridized carbons (Fsp3) is 0.375. The van der Waals surface area contributed by atoms with Gasteiger partial charge in [0.1, 0.15) is 17.4 Å². The molecule has 23 heavy (non-hydrogen) atoms. The van der Waals surface area contributed by atoms with Crippen LogP contribution in [0.3, 0.4) is 0 Å². The van der Waals surface area contributed by atoms with Crippen molar-refractivity contribution in [2.24, 2.45) is 0 Å². The Hall–Kier alpha value is -1.96. The summed E-state index contributed by atoms with van der Waals surface area (Å²) < 4.78 is 11.2. The van der Waals surface area contributed by atoms with Crippen LogP contribution < -0.4 is 4.74 Å². The van der Waals surface area contributed by atoms with Crippen molar-refractivity contribution in [3.05, 3.63) is 35.3 Å². The molecule has 1 N–H and O–H groups in total. The highest BCUT2D eigenvalue weighted by molar-refractivity contribution is 7.13. The summed E-state index contributed by atoms with van der Waals surface area (Å²) in [4.78, 5) is 17.4. The van der Waals surface area contributed by atoms with Gasteiger partial charge in [0.05, 0.1) is 18.8 Å². The Bertz CT molecular complexity index is 668. The van der Waals surface area contributed by atoms with Crippen molar-refractivity contribution in [1.82, 2.24) is 9.88 Å². The zero-order chi connectivity index (χ0) is 16.1. The van der Waals surface area contributed by atoms with Crippen LogP contribution in [0.5, 0.6) is 5.75 Å². The quantitative estimate of drug-likeness (QED) is 0.873. The topological polar surface area (TPSA) is 71.9 Å². The minimum absolute atomic E-state index is 0.0631. The molecule has 0 amide bonds. The van der Waals surface area contributed by atoms with E-state index in [2.05, 4.69) is 9.88 Å². The Kier molecular flexibility index (Phi) is 5.22. The van der Waals surface area contributed by atoms with E-state index in [1.54, 1.807) is 5.38 Å². The minimum atomic E-state index is -1.02. The molecular weight excluding hydrogens is 316 g/mol. The second kappa shape index (κ2) is 7.54. The lowest BCUT2D eigenvalue weighted by Crippen LogP contribution is -2.38. The van der Waals surface area contributed by atoms with Crippen LogP contribution >= 0.6 is 11.3 Å². The Morgan fingerprint density at radius 1 is 1.35 bits per heavy atom. The first-order chi connectivity index (χ1) is 11.2. The van der Waals surface area contributed by atoms with Crippen molar-refractivity contribution >= 4 is 17.3 Å². The Balaban J connectivity index is 1.66. The zero-order valence-electron chi connectivity index (χ0n) is 12.6. The summed E-state index contributed by atoms with van der Waals surface area (Å²) in [5.41, 5.74) is 0.889. The third kappa shape index (κ3) is 4.07. The average Bonchev–Trinajstić information content (AvgIpc) is 3.06. The van der Waals surface area contributed by atoms with Crippen LogP contribution in [0, 0.1) is 0 Å². The van der Waals surface area contributed by atoms with Gasteiger partial charge in [0.15, 0.2) is 5.69 Å². The van der Waals surface area contributed by atoms with E-state index in [1.165, 1.54) is 11.3 Å². The first kappa shape index (κ1) is 15.9. The molecule has 1 saturated heterocycles. The van der Waals surface area contributed by atoms with E-state index < -0.39 is 5.97 Å². The summed E-state index contributed by atoms with van der Waals surface area (Å²) in [6.45, 7) is 4.82. The van der Waals surface area contributed by atoms with Crippen LogP contribution in [0.2, 0.25) is 0 Å². The van der Waals surface area contributed by atoms with Crippen molar-refractivity contribution in [2.45, 2.75) is 0 Å². The molecule has 122 valence electrons. The van der Waals surface area contributed by atoms with Crippen molar-refractivity contribution < 1.29 is 19.4 Å². The average molecular weight is 334 g/mol. The van der Waals surface area contributed by atoms with Gasteiger partial charge in [-0.15, -0.1) is 11.3 Å². The smallest absolute Gasteiger partial charge is 0.355 e. The number of benzene rings is 1. The second-order valence-corrected chi connectivity index (χ2v) is 6.00. The van der Waals surface area contributed by atoms with E-state index in [1.807, 2.05) is 24.3 Å². The number of thiazole rings is 1. The molecule has 1 aromatic heterocycles. The van der Waals surface area contributed by atoms with Gasteiger partial charge in [0.2, 0.25) is 0 Å². The molecule has 0 radical (unpaired) electrons. The van der Waals surface area contributed by atoms with Gasteiger partial charge >= 0.3 is 5.97 Å². The lowest BCUT2D eigenvalue weighted by molar-refractivity contribution is 0.0323. The lowest BCUT2D eigenvalue weighted by Gasteiger charge is -2.26. The molecule has 1 fully saturated rings. The standard InChI is InChI=1S/C16H18N2O4S/c19-16(20)13-11-23-15(17-13)12-3-1-2-4-14(12)22-10-7-18-5-8-21-9-6-18/h1-4,11H,5-10H2,(H,19,20). The van der Waals surface area contributed by atoms with Crippen molar-refractivity contribution in [3.8, 4) is 16.3 Å². The van der Waals surface area contributed by atoms with E-state index >= 15 is 0 Å². The highest BCUT2D eigenvalue weighted by Crippen LogP contribution is 2.32. The molecule has 0 atom stereocenters. The van der Waals surface area contributed by atoms with Crippen LogP contribution in [0.25, 0.3) is 10.6 Å². The largest absolute Gasteiger partial charge is 0.492 e. The van der Waals surface area contributed by atoms with Gasteiger partial charge in [0, 0.05) is 25.0 Å². The molecule has 0 spiro atoms. The maximum Gasteiger partial charge on any atom is 0.355 e. The van der Waals surface area contributed by atoms with Crippen LogP contribution in [0.1, 0.15) is 10.5 Å². The molecule has 3 rings (SSSR count). The fourth-order valence-electron chi connectivity index (χ4n) is 2.37. The lowest BCUT2D eigenvalue weighted by atomic mass is 10.2. The van der Waals surface area contributed by atoms with Gasteiger partial charge in [-0.1, -0.05) is 12.1 Å². The summed E-state index contributed by atoms with van der Waals surface area (Å²) in [6, 6.07) is 7.58. The predicted molar refractivity (Wildman–Crippen MR) is 87.3 cm³/mol. The first-order valence-electron chi connectivity index (χ1n) is 7.45. The summed E-state index contributed by atoms with van der Waals surface area (Å²) in [5, 5.41) is 11.2. The molecule has 2 heterocycles. The van der Waals surface area contributed by atoms with Crippen LogP contribution in [0.4, 0.5) is 0 Å². The van der Waals surface area contributed by atoms with Gasteiger partial charge in [-0.2, -0.15) is 0 Å². The first-order valence-corrected chi connectivity index (χ1v) is 8.33. The number of carboxylic acid groups (broad SMARTS) is 1. The normalized spacial score (nSPS) is 15.5. The van der Waals surface area contributed by atoms with Crippen LogP contribution in [0.15, 0.2) is 29.6 Å². The third-order valence-corrected chi connectivity index (χ3v) is 4.49. The Morgan fingerprint density at radius 2 is 2.13 bits per heavy atom. The number of hydrogen-bond acceptors (Lipinski definition) is 6. The van der Waals surface area contributed by atoms with E-state index in [4.69, 9.17) is 14.6 Å². The van der Waals surface area contributed by atoms with Gasteiger partial charge in [-0.05, 0) is 12.1 Å². The van der Waals surface area contributed by atoms with Crippen molar-refractivity contribution in [3.63, 3.8) is 0 Å². The zero-order valence-corrected chi connectivity index (χ0v) is 13.4. The molecule has 0 aliphatic carbocycles. The predicted octanol–water partition coefficient (Wildman–Crippen LogP) is 2.22. The molecule has 0 unspecified atom stereocenters. The molecule has 1 aliphatic rings. The van der Waals surface area contributed by atoms with Crippen LogP contribution in [-0.2, 0) is 4.74 Å². The second-order valence-electron chi connectivity index (χ2n) is 5.14. The number of ether oxygens (including phenoxy) is 2. The van der Waals surface area contributed by atoms with Crippen molar-refractivity contribution in [1.29, 1.82) is 0 Å². The van der Waals surface area contributed by atoms with Gasteiger partial charge in [0.25, 0.3) is 0 Å². The molecule has 1 aliphatic heterocycles. The summed E-state index contributed by atoms with van der Waals surface area (Å²) in [5.74, 6) is -0.287. The molecule has 7 heteroatoms. The number of carbonyl (C=O) groups is 1. The van der Waals surface area contributed by atoms with E-state index in [9.17, 15) is 4.79 Å². The number of hydrogen-bond donors (Lipinski definition) is 1. The molecule has 1 aromatic carbocycles. The Morgan fingerprint density at radius 3 is 2.87 bits per heavy atom. The molecule has 6 nitrogen and oxygen atoms in total. The minimum Gasteiger partial charge on any atom is -0.492 e. The monoisotopic (exact) mass is 334 g/mol. The number of rotatable bonds is 6. The highest BCUT2D eigenvalue weighted by Gasteiger charge is 2.14. The van der Waals surface area contributed by atoms with Gasteiger partial charge in [-0.3, -0.25) is 4.90 Å². The third-order valence-electron chi connectivity index (χ3n) is 3.61. The molecular formula is C16H18N2O4S. The molecule has 0 bridgehead atoms. The molecule has 2 aromatic rings. The number of aromatic nitrogens is 1. The SMILES string of the molecule is O=C(O)c1csc(-c2ccccc2OCCN2CCOCC2)n1. The maximum atomic E-state index is 11.0. The van der Waals surface area contributed by atoms with Crippen molar-refractivity contribution in [2.75, 3.05) is 39.5 Å². The van der Waals surface area contributed by atoms with Gasteiger partial charge in [-0.25, -0.2) is 9.78 Å². The van der Waals surface area contributed by atoms with Gasteiger partial charge < -0.3 is 14.6 Å². The van der Waals surface area contributed by atoms with Crippen LogP contribution in [-0.4, -0.2) is 60.4 Å². The van der Waals surface area contributed by atoms with E-state index in [0.717, 1.165) is 44.2 Å². The van der Waals surface area contributed by atoms with E-state index in [0.29, 0.717) is 11.6 Å². The molecule has 0 saturated carbocycles. The Labute approximate surface area is 138 Å². The maximum absolute atomic E-state index is 11.0.